The third-order valence-corrected chi connectivity index (χ3v) is 2.99. The molecule has 0 aromatic carbocycles. The molecule has 106 valence electrons. The minimum absolute atomic E-state index is 0.210. The van der Waals surface area contributed by atoms with Crippen LogP contribution >= 0.6 is 0 Å². The highest BCUT2D eigenvalue weighted by Gasteiger charge is 2.33. The highest BCUT2D eigenvalue weighted by molar-refractivity contribution is 5.93. The number of aryl methyl sites for hydroxylation is 1. The third-order valence-electron chi connectivity index (χ3n) is 2.99. The number of nitrogens with one attached hydrogen (secondary N) is 1. The van der Waals surface area contributed by atoms with Crippen LogP contribution in [0.2, 0.25) is 0 Å². The summed E-state index contributed by atoms with van der Waals surface area (Å²) in [6.07, 6.45) is -4.20. The van der Waals surface area contributed by atoms with E-state index in [0.717, 1.165) is 0 Å². The van der Waals surface area contributed by atoms with Gasteiger partial charge in [-0.2, -0.15) is 28.6 Å². The van der Waals surface area contributed by atoms with Crippen molar-refractivity contribution in [3.05, 3.63) is 11.4 Å². The van der Waals surface area contributed by atoms with Crippen molar-refractivity contribution in [2.45, 2.75) is 13.1 Å². The Balaban J connectivity index is 1.90. The van der Waals surface area contributed by atoms with Crippen molar-refractivity contribution >= 4 is 5.91 Å². The van der Waals surface area contributed by atoms with E-state index in [-0.39, 0.29) is 37.8 Å². The second kappa shape index (κ2) is 5.16. The Bertz CT molecular complexity index is 450. The van der Waals surface area contributed by atoms with E-state index in [1.165, 1.54) is 9.80 Å². The van der Waals surface area contributed by atoms with E-state index < -0.39 is 12.7 Å². The lowest BCUT2D eigenvalue weighted by Crippen LogP contribution is -2.51. The predicted octanol–water partition coefficient (Wildman–Crippen LogP) is 0.433. The van der Waals surface area contributed by atoms with Crippen LogP contribution in [0.25, 0.3) is 0 Å². The maximum Gasteiger partial charge on any atom is 0.401 e. The number of halogens is 3. The van der Waals surface area contributed by atoms with Crippen molar-refractivity contribution in [2.75, 3.05) is 32.7 Å². The lowest BCUT2D eigenvalue weighted by atomic mass is 10.2. The van der Waals surface area contributed by atoms with E-state index in [2.05, 4.69) is 15.4 Å². The van der Waals surface area contributed by atoms with Gasteiger partial charge < -0.3 is 4.90 Å². The van der Waals surface area contributed by atoms with Crippen molar-refractivity contribution in [1.29, 1.82) is 0 Å². The lowest BCUT2D eigenvalue weighted by Gasteiger charge is -2.34. The van der Waals surface area contributed by atoms with Gasteiger partial charge in [0.15, 0.2) is 5.69 Å². The number of aromatic nitrogens is 3. The second-order valence-corrected chi connectivity index (χ2v) is 4.44. The number of hydrogen-bond acceptors (Lipinski definition) is 4. The first kappa shape index (κ1) is 13.8. The monoisotopic (exact) mass is 277 g/mol. The number of carbonyl (C=O) groups is 1. The second-order valence-electron chi connectivity index (χ2n) is 4.44. The number of piperazine rings is 1. The van der Waals surface area contributed by atoms with Gasteiger partial charge in [0.2, 0.25) is 0 Å². The molecule has 19 heavy (non-hydrogen) atoms. The van der Waals surface area contributed by atoms with Gasteiger partial charge in [-0.1, -0.05) is 0 Å². The van der Waals surface area contributed by atoms with Crippen molar-refractivity contribution in [1.82, 2.24) is 25.2 Å². The lowest BCUT2D eigenvalue weighted by molar-refractivity contribution is -0.148. The number of nitrogens with zero attached hydrogens (tertiary/aromatic N) is 4. The van der Waals surface area contributed by atoms with Gasteiger partial charge in [0.25, 0.3) is 5.91 Å². The van der Waals surface area contributed by atoms with Crippen LogP contribution < -0.4 is 0 Å². The van der Waals surface area contributed by atoms with Crippen LogP contribution in [0.4, 0.5) is 13.2 Å². The maximum absolute atomic E-state index is 12.2. The van der Waals surface area contributed by atoms with Crippen molar-refractivity contribution in [3.63, 3.8) is 0 Å². The Kier molecular flexibility index (Phi) is 3.74. The average molecular weight is 277 g/mol. The molecule has 2 rings (SSSR count). The van der Waals surface area contributed by atoms with Gasteiger partial charge in [-0.15, -0.1) is 0 Å². The number of rotatable bonds is 2. The molecule has 2 heterocycles. The Morgan fingerprint density at radius 2 is 1.89 bits per heavy atom. The number of carbonyl (C=O) groups excluding carboxylic acids is 1. The molecule has 0 bridgehead atoms. The van der Waals surface area contributed by atoms with Crippen molar-refractivity contribution < 1.29 is 18.0 Å². The smallest absolute Gasteiger partial charge is 0.335 e. The molecule has 0 saturated carbocycles. The average Bonchev–Trinajstić information content (AvgIpc) is 2.73. The van der Waals surface area contributed by atoms with Crippen LogP contribution in [0.1, 0.15) is 16.2 Å². The molecule has 0 atom stereocenters. The minimum atomic E-state index is -4.20. The molecule has 1 aliphatic rings. The van der Waals surface area contributed by atoms with Crippen LogP contribution in [0.15, 0.2) is 0 Å². The Labute approximate surface area is 107 Å². The van der Waals surface area contributed by atoms with Crippen molar-refractivity contribution in [3.8, 4) is 0 Å². The molecule has 1 aromatic heterocycles. The summed E-state index contributed by atoms with van der Waals surface area (Å²) in [7, 11) is 0. The predicted molar refractivity (Wildman–Crippen MR) is 59.5 cm³/mol. The summed E-state index contributed by atoms with van der Waals surface area (Å²) in [5.74, 6) is -0.294. The van der Waals surface area contributed by atoms with Crippen LogP contribution in [0.5, 0.6) is 0 Å². The molecule has 1 aromatic rings. The molecule has 1 amide bonds. The van der Waals surface area contributed by atoms with Gasteiger partial charge in [-0.25, -0.2) is 0 Å². The van der Waals surface area contributed by atoms with Crippen molar-refractivity contribution in [2.24, 2.45) is 0 Å². The molecular formula is C10H14F3N5O. The van der Waals surface area contributed by atoms with Gasteiger partial charge in [0, 0.05) is 26.2 Å². The van der Waals surface area contributed by atoms with E-state index in [9.17, 15) is 18.0 Å². The summed E-state index contributed by atoms with van der Waals surface area (Å²) < 4.78 is 36.7. The van der Waals surface area contributed by atoms with Crippen LogP contribution in [0, 0.1) is 6.92 Å². The summed E-state index contributed by atoms with van der Waals surface area (Å²) in [6.45, 7) is 1.67. The summed E-state index contributed by atoms with van der Waals surface area (Å²) >= 11 is 0. The zero-order valence-corrected chi connectivity index (χ0v) is 10.4. The summed E-state index contributed by atoms with van der Waals surface area (Å²) in [4.78, 5) is 14.8. The van der Waals surface area contributed by atoms with Crippen LogP contribution in [-0.4, -0.2) is 70.0 Å². The van der Waals surface area contributed by atoms with Gasteiger partial charge in [-0.05, 0) is 6.92 Å². The normalized spacial score (nSPS) is 17.8. The maximum atomic E-state index is 12.2. The first-order valence-electron chi connectivity index (χ1n) is 5.82. The first-order chi connectivity index (χ1) is 8.87. The Morgan fingerprint density at radius 3 is 2.37 bits per heavy atom. The number of alkyl halides is 3. The van der Waals surface area contributed by atoms with E-state index in [0.29, 0.717) is 5.69 Å². The summed E-state index contributed by atoms with van der Waals surface area (Å²) in [6, 6.07) is 0. The molecule has 0 aliphatic carbocycles. The van der Waals surface area contributed by atoms with E-state index in [4.69, 9.17) is 0 Å². The Morgan fingerprint density at radius 1 is 1.26 bits per heavy atom. The van der Waals surface area contributed by atoms with Crippen LogP contribution in [0.3, 0.4) is 0 Å². The van der Waals surface area contributed by atoms with Crippen LogP contribution in [-0.2, 0) is 0 Å². The molecule has 0 spiro atoms. The number of hydrogen-bond donors (Lipinski definition) is 1. The Hall–Kier alpha value is -1.64. The van der Waals surface area contributed by atoms with E-state index in [1.54, 1.807) is 6.92 Å². The molecule has 6 nitrogen and oxygen atoms in total. The highest BCUT2D eigenvalue weighted by Crippen LogP contribution is 2.18. The van der Waals surface area contributed by atoms with E-state index in [1.807, 2.05) is 0 Å². The fraction of sp³-hybridized carbons (Fsp3) is 0.700. The zero-order valence-electron chi connectivity index (χ0n) is 10.4. The molecule has 1 aliphatic heterocycles. The van der Waals surface area contributed by atoms with Gasteiger partial charge >= 0.3 is 6.18 Å². The van der Waals surface area contributed by atoms with Gasteiger partial charge in [0.05, 0.1) is 12.2 Å². The number of aromatic amines is 1. The highest BCUT2D eigenvalue weighted by atomic mass is 19.4. The summed E-state index contributed by atoms with van der Waals surface area (Å²) in [5.41, 5.74) is 0.715. The molecular weight excluding hydrogens is 263 g/mol. The molecule has 0 radical (unpaired) electrons. The number of H-pyrrole nitrogens is 1. The van der Waals surface area contributed by atoms with Gasteiger partial charge in [-0.3, -0.25) is 9.69 Å². The molecule has 1 N–H and O–H groups in total. The molecule has 1 fully saturated rings. The standard InChI is InChI=1S/C10H14F3N5O/c1-7-8(15-16-14-7)9(19)18-4-2-17(3-5-18)6-10(11,12)13/h2-6H2,1H3,(H,14,15,16). The van der Waals surface area contributed by atoms with Gasteiger partial charge in [0.1, 0.15) is 0 Å². The molecule has 1 saturated heterocycles. The zero-order chi connectivity index (χ0) is 14.0. The third kappa shape index (κ3) is 3.43. The fourth-order valence-electron chi connectivity index (χ4n) is 2.00. The fourth-order valence-corrected chi connectivity index (χ4v) is 2.00. The topological polar surface area (TPSA) is 65.1 Å². The molecule has 9 heteroatoms. The summed E-state index contributed by atoms with van der Waals surface area (Å²) in [5, 5.41) is 9.85. The minimum Gasteiger partial charge on any atom is -0.335 e. The van der Waals surface area contributed by atoms with E-state index >= 15 is 0 Å². The quantitative estimate of drug-likeness (QED) is 0.851. The largest absolute Gasteiger partial charge is 0.401 e. The first-order valence-corrected chi connectivity index (χ1v) is 5.82. The molecule has 0 unspecified atom stereocenters. The SMILES string of the molecule is Cc1n[nH]nc1C(=O)N1CCN(CC(F)(F)F)CC1. The number of amides is 1.